The SMILES string of the molecule is Cc1nc2sc(C(=O)N3CCOC(CCCC(C)C)C3)c(C)c2c(=O)[nH]1. The van der Waals surface area contributed by atoms with Gasteiger partial charge in [0.2, 0.25) is 0 Å². The van der Waals surface area contributed by atoms with Crippen LogP contribution in [0.1, 0.15) is 54.2 Å². The largest absolute Gasteiger partial charge is 0.375 e. The van der Waals surface area contributed by atoms with Crippen LogP contribution in [0.25, 0.3) is 10.2 Å². The molecule has 7 heteroatoms. The molecule has 26 heavy (non-hydrogen) atoms. The van der Waals surface area contributed by atoms with E-state index in [1.165, 1.54) is 17.8 Å². The number of ether oxygens (including phenoxy) is 1. The van der Waals surface area contributed by atoms with E-state index in [-0.39, 0.29) is 17.6 Å². The number of nitrogens with zero attached hydrogens (tertiary/aromatic N) is 2. The number of nitrogens with one attached hydrogen (secondary N) is 1. The fourth-order valence-corrected chi connectivity index (χ4v) is 4.63. The van der Waals surface area contributed by atoms with E-state index >= 15 is 0 Å². The van der Waals surface area contributed by atoms with Gasteiger partial charge in [-0.05, 0) is 31.7 Å². The number of hydrogen-bond donors (Lipinski definition) is 1. The minimum atomic E-state index is -0.172. The van der Waals surface area contributed by atoms with Crippen LogP contribution < -0.4 is 5.56 Å². The van der Waals surface area contributed by atoms with Crippen molar-refractivity contribution < 1.29 is 9.53 Å². The summed E-state index contributed by atoms with van der Waals surface area (Å²) in [6, 6.07) is 0. The number of carbonyl (C=O) groups excluding carboxylic acids is 1. The minimum absolute atomic E-state index is 0.0142. The Morgan fingerprint density at radius 1 is 1.42 bits per heavy atom. The third-order valence-electron chi connectivity index (χ3n) is 4.85. The van der Waals surface area contributed by atoms with Gasteiger partial charge < -0.3 is 14.6 Å². The highest BCUT2D eigenvalue weighted by Crippen LogP contribution is 2.29. The number of carbonyl (C=O) groups is 1. The van der Waals surface area contributed by atoms with Crippen LogP contribution in [0, 0.1) is 19.8 Å². The van der Waals surface area contributed by atoms with Crippen molar-refractivity contribution >= 4 is 27.5 Å². The van der Waals surface area contributed by atoms with Crippen LogP contribution in [-0.4, -0.2) is 46.6 Å². The lowest BCUT2D eigenvalue weighted by atomic mass is 10.0. The summed E-state index contributed by atoms with van der Waals surface area (Å²) in [6.45, 7) is 9.81. The van der Waals surface area contributed by atoms with E-state index < -0.39 is 0 Å². The molecule has 1 amide bonds. The summed E-state index contributed by atoms with van der Waals surface area (Å²) >= 11 is 1.31. The van der Waals surface area contributed by atoms with E-state index in [1.807, 2.05) is 11.8 Å². The lowest BCUT2D eigenvalue weighted by Gasteiger charge is -2.33. The molecule has 2 aromatic rings. The van der Waals surface area contributed by atoms with Gasteiger partial charge in [-0.25, -0.2) is 4.98 Å². The van der Waals surface area contributed by atoms with Crippen LogP contribution in [0.5, 0.6) is 0 Å². The molecular formula is C19H27N3O3S. The van der Waals surface area contributed by atoms with Gasteiger partial charge in [0.1, 0.15) is 10.7 Å². The first kappa shape index (κ1) is 19.0. The number of aromatic nitrogens is 2. The lowest BCUT2D eigenvalue weighted by molar-refractivity contribution is -0.0258. The van der Waals surface area contributed by atoms with E-state index in [4.69, 9.17) is 4.74 Å². The lowest BCUT2D eigenvalue weighted by Crippen LogP contribution is -2.45. The van der Waals surface area contributed by atoms with Gasteiger partial charge in [-0.1, -0.05) is 26.7 Å². The number of fused-ring (bicyclic) bond motifs is 1. The highest BCUT2D eigenvalue weighted by Gasteiger charge is 2.28. The zero-order valence-corrected chi connectivity index (χ0v) is 16.7. The molecule has 0 aliphatic carbocycles. The maximum Gasteiger partial charge on any atom is 0.264 e. The molecule has 0 bridgehead atoms. The van der Waals surface area contributed by atoms with Crippen molar-refractivity contribution in [1.82, 2.24) is 14.9 Å². The third kappa shape index (κ3) is 3.99. The molecule has 0 spiro atoms. The first-order chi connectivity index (χ1) is 12.4. The smallest absolute Gasteiger partial charge is 0.264 e. The number of hydrogen-bond acceptors (Lipinski definition) is 5. The summed E-state index contributed by atoms with van der Waals surface area (Å²) in [5, 5.41) is 0.533. The molecule has 1 aliphatic rings. The standard InChI is InChI=1S/C19H27N3O3S/c1-11(2)6-5-7-14-10-22(8-9-25-14)19(24)16-12(3)15-17(23)20-13(4)21-18(15)26-16/h11,14H,5-10H2,1-4H3,(H,20,21,23). The number of aryl methyl sites for hydroxylation is 2. The van der Waals surface area contributed by atoms with E-state index in [0.717, 1.165) is 18.4 Å². The van der Waals surface area contributed by atoms with Gasteiger partial charge in [0.15, 0.2) is 0 Å². The Hall–Kier alpha value is -1.73. The van der Waals surface area contributed by atoms with E-state index in [2.05, 4.69) is 23.8 Å². The molecule has 3 rings (SSSR count). The molecule has 1 atom stereocenters. The van der Waals surface area contributed by atoms with Crippen molar-refractivity contribution in [3.63, 3.8) is 0 Å². The highest BCUT2D eigenvalue weighted by atomic mass is 32.1. The zero-order chi connectivity index (χ0) is 18.8. The number of amides is 1. The first-order valence-corrected chi connectivity index (χ1v) is 10.1. The Morgan fingerprint density at radius 2 is 2.19 bits per heavy atom. The summed E-state index contributed by atoms with van der Waals surface area (Å²) in [5.41, 5.74) is 0.556. The molecule has 6 nitrogen and oxygen atoms in total. The van der Waals surface area contributed by atoms with Gasteiger partial charge in [0, 0.05) is 13.1 Å². The minimum Gasteiger partial charge on any atom is -0.375 e. The average Bonchev–Trinajstić information content (AvgIpc) is 2.90. The third-order valence-corrected chi connectivity index (χ3v) is 6.02. The van der Waals surface area contributed by atoms with Crippen LogP contribution in [0.4, 0.5) is 0 Å². The maximum absolute atomic E-state index is 13.1. The molecule has 0 radical (unpaired) electrons. The topological polar surface area (TPSA) is 75.3 Å². The fourth-order valence-electron chi connectivity index (χ4n) is 3.43. The molecule has 2 aromatic heterocycles. The number of rotatable bonds is 5. The Morgan fingerprint density at radius 3 is 2.92 bits per heavy atom. The monoisotopic (exact) mass is 377 g/mol. The number of thiophene rings is 1. The van der Waals surface area contributed by atoms with E-state index in [0.29, 0.717) is 46.5 Å². The first-order valence-electron chi connectivity index (χ1n) is 9.27. The Labute approximate surface area is 157 Å². The van der Waals surface area contributed by atoms with Crippen molar-refractivity contribution in [3.8, 4) is 0 Å². The second-order valence-corrected chi connectivity index (χ2v) is 8.46. The summed E-state index contributed by atoms with van der Waals surface area (Å²) < 4.78 is 5.84. The Bertz CT molecular complexity index is 856. The van der Waals surface area contributed by atoms with Gasteiger partial charge >= 0.3 is 0 Å². The van der Waals surface area contributed by atoms with Crippen molar-refractivity contribution in [2.45, 2.75) is 53.1 Å². The van der Waals surface area contributed by atoms with Gasteiger partial charge in [-0.15, -0.1) is 11.3 Å². The molecule has 1 saturated heterocycles. The predicted octanol–water partition coefficient (Wildman–Crippen LogP) is 3.27. The van der Waals surface area contributed by atoms with Crippen molar-refractivity contribution in [3.05, 3.63) is 26.6 Å². The number of H-pyrrole nitrogens is 1. The summed E-state index contributed by atoms with van der Waals surface area (Å²) in [4.78, 5) is 35.5. The number of aromatic amines is 1. The van der Waals surface area contributed by atoms with Crippen LogP contribution >= 0.6 is 11.3 Å². The quantitative estimate of drug-likeness (QED) is 0.868. The summed E-state index contributed by atoms with van der Waals surface area (Å²) in [6.07, 6.45) is 3.38. The molecule has 0 saturated carbocycles. The molecule has 0 aromatic carbocycles. The predicted molar refractivity (Wildman–Crippen MR) is 104 cm³/mol. The van der Waals surface area contributed by atoms with Crippen molar-refractivity contribution in [2.24, 2.45) is 5.92 Å². The molecule has 3 heterocycles. The summed E-state index contributed by atoms with van der Waals surface area (Å²) in [7, 11) is 0. The fraction of sp³-hybridized carbons (Fsp3) is 0.632. The van der Waals surface area contributed by atoms with Crippen molar-refractivity contribution in [1.29, 1.82) is 0 Å². The van der Waals surface area contributed by atoms with Crippen LogP contribution in [-0.2, 0) is 4.74 Å². The molecule has 142 valence electrons. The molecule has 1 N–H and O–H groups in total. The van der Waals surface area contributed by atoms with Gasteiger partial charge in [0.05, 0.1) is 23.0 Å². The highest BCUT2D eigenvalue weighted by molar-refractivity contribution is 7.20. The maximum atomic E-state index is 13.1. The van der Waals surface area contributed by atoms with Gasteiger partial charge in [-0.2, -0.15) is 0 Å². The Kier molecular flexibility index (Phi) is 5.77. The summed E-state index contributed by atoms with van der Waals surface area (Å²) in [5.74, 6) is 1.24. The molecular weight excluding hydrogens is 350 g/mol. The number of morpholine rings is 1. The van der Waals surface area contributed by atoms with Crippen LogP contribution in [0.2, 0.25) is 0 Å². The second kappa shape index (κ2) is 7.88. The van der Waals surface area contributed by atoms with Crippen LogP contribution in [0.15, 0.2) is 4.79 Å². The zero-order valence-electron chi connectivity index (χ0n) is 15.9. The van der Waals surface area contributed by atoms with E-state index in [9.17, 15) is 9.59 Å². The normalized spacial score (nSPS) is 18.0. The van der Waals surface area contributed by atoms with E-state index in [1.54, 1.807) is 6.92 Å². The Balaban J connectivity index is 1.76. The second-order valence-electron chi connectivity index (χ2n) is 7.46. The molecule has 1 fully saturated rings. The van der Waals surface area contributed by atoms with Gasteiger partial charge in [-0.3, -0.25) is 9.59 Å². The molecule has 1 aliphatic heterocycles. The van der Waals surface area contributed by atoms with Gasteiger partial charge in [0.25, 0.3) is 11.5 Å². The average molecular weight is 378 g/mol. The van der Waals surface area contributed by atoms with Crippen LogP contribution in [0.3, 0.4) is 0 Å². The molecule has 1 unspecified atom stereocenters. The van der Waals surface area contributed by atoms with Crippen molar-refractivity contribution in [2.75, 3.05) is 19.7 Å².